The Morgan fingerprint density at radius 3 is 3.06 bits per heavy atom. The number of hydrogen-bond donors (Lipinski definition) is 1. The molecule has 1 saturated heterocycles. The van der Waals surface area contributed by atoms with Crippen molar-refractivity contribution in [1.82, 2.24) is 15.5 Å². The van der Waals surface area contributed by atoms with E-state index in [9.17, 15) is 0 Å². The molecule has 0 aliphatic carbocycles. The zero-order chi connectivity index (χ0) is 11.2. The first-order valence-corrected chi connectivity index (χ1v) is 5.96. The van der Waals surface area contributed by atoms with Crippen molar-refractivity contribution in [3.63, 3.8) is 0 Å². The average Bonchev–Trinajstić information content (AvgIpc) is 2.67. The highest BCUT2D eigenvalue weighted by molar-refractivity contribution is 7.13. The highest BCUT2D eigenvalue weighted by atomic mass is 32.1. The normalized spacial score (nSPS) is 16.1. The molecule has 1 aromatic rings. The fraction of sp³-hybridized carbons (Fsp3) is 0.778. The summed E-state index contributed by atoms with van der Waals surface area (Å²) in [5.41, 5.74) is 0. The van der Waals surface area contributed by atoms with E-state index in [-0.39, 0.29) is 6.10 Å². The summed E-state index contributed by atoms with van der Waals surface area (Å²) < 4.78 is 15.5. The third kappa shape index (κ3) is 3.38. The van der Waals surface area contributed by atoms with Gasteiger partial charge in [-0.15, -0.1) is 5.10 Å². The van der Waals surface area contributed by atoms with Crippen molar-refractivity contribution in [3.8, 4) is 5.19 Å². The molecule has 1 fully saturated rings. The molecule has 0 spiro atoms. The summed E-state index contributed by atoms with van der Waals surface area (Å²) in [5, 5.41) is 12.7. The first kappa shape index (κ1) is 11.7. The zero-order valence-electron chi connectivity index (χ0n) is 9.14. The summed E-state index contributed by atoms with van der Waals surface area (Å²) in [6, 6.07) is 0. The molecule has 0 radical (unpaired) electrons. The van der Waals surface area contributed by atoms with Crippen LogP contribution in [0, 0.1) is 0 Å². The van der Waals surface area contributed by atoms with Gasteiger partial charge in [0, 0.05) is 20.2 Å². The highest BCUT2D eigenvalue weighted by Crippen LogP contribution is 2.20. The third-order valence-electron chi connectivity index (χ3n) is 2.08. The lowest BCUT2D eigenvalue weighted by atomic mass is 10.3. The Kier molecular flexibility index (Phi) is 4.46. The SMILES string of the molecule is COCCNCc1nnc(OC2COC2)s1. The van der Waals surface area contributed by atoms with Gasteiger partial charge in [0.15, 0.2) is 0 Å². The zero-order valence-corrected chi connectivity index (χ0v) is 9.96. The molecule has 1 aliphatic heterocycles. The minimum absolute atomic E-state index is 0.155. The number of hydrogen-bond acceptors (Lipinski definition) is 7. The van der Waals surface area contributed by atoms with Gasteiger partial charge in [-0.1, -0.05) is 16.4 Å². The quantitative estimate of drug-likeness (QED) is 0.685. The van der Waals surface area contributed by atoms with Crippen molar-refractivity contribution < 1.29 is 14.2 Å². The molecule has 2 heterocycles. The van der Waals surface area contributed by atoms with E-state index in [0.29, 0.717) is 31.6 Å². The Morgan fingerprint density at radius 2 is 2.38 bits per heavy atom. The lowest BCUT2D eigenvalue weighted by molar-refractivity contribution is -0.0799. The predicted octanol–water partition coefficient (Wildman–Crippen LogP) is 0.0517. The van der Waals surface area contributed by atoms with Gasteiger partial charge in [-0.25, -0.2) is 0 Å². The maximum absolute atomic E-state index is 5.53. The lowest BCUT2D eigenvalue weighted by Gasteiger charge is -2.24. The van der Waals surface area contributed by atoms with Crippen LogP contribution in [-0.2, 0) is 16.0 Å². The number of ether oxygens (including phenoxy) is 3. The van der Waals surface area contributed by atoms with Crippen molar-refractivity contribution in [2.75, 3.05) is 33.5 Å². The second kappa shape index (κ2) is 6.09. The fourth-order valence-corrected chi connectivity index (χ4v) is 1.87. The Morgan fingerprint density at radius 1 is 1.50 bits per heavy atom. The second-order valence-electron chi connectivity index (χ2n) is 3.41. The van der Waals surface area contributed by atoms with E-state index in [0.717, 1.165) is 11.6 Å². The molecule has 0 unspecified atom stereocenters. The molecule has 7 heteroatoms. The van der Waals surface area contributed by atoms with Gasteiger partial charge in [-0.05, 0) is 0 Å². The largest absolute Gasteiger partial charge is 0.461 e. The van der Waals surface area contributed by atoms with Gasteiger partial charge in [-0.3, -0.25) is 0 Å². The summed E-state index contributed by atoms with van der Waals surface area (Å²) in [6.07, 6.45) is 0.155. The van der Waals surface area contributed by atoms with Crippen LogP contribution in [0.1, 0.15) is 5.01 Å². The van der Waals surface area contributed by atoms with Crippen LogP contribution in [-0.4, -0.2) is 49.8 Å². The van der Waals surface area contributed by atoms with Crippen LogP contribution in [0.25, 0.3) is 0 Å². The van der Waals surface area contributed by atoms with Crippen LogP contribution in [0.15, 0.2) is 0 Å². The Hall–Kier alpha value is -0.760. The van der Waals surface area contributed by atoms with E-state index in [1.54, 1.807) is 7.11 Å². The van der Waals surface area contributed by atoms with Crippen molar-refractivity contribution in [2.24, 2.45) is 0 Å². The predicted molar refractivity (Wildman–Crippen MR) is 58.7 cm³/mol. The van der Waals surface area contributed by atoms with Crippen LogP contribution in [0.5, 0.6) is 5.19 Å². The van der Waals surface area contributed by atoms with Gasteiger partial charge < -0.3 is 19.5 Å². The molecule has 0 atom stereocenters. The Labute approximate surface area is 97.9 Å². The number of nitrogens with one attached hydrogen (secondary N) is 1. The standard InChI is InChI=1S/C9H15N3O3S/c1-13-3-2-10-4-8-11-12-9(16-8)15-7-5-14-6-7/h7,10H,2-6H2,1H3. The van der Waals surface area contributed by atoms with Gasteiger partial charge in [0.2, 0.25) is 0 Å². The van der Waals surface area contributed by atoms with E-state index < -0.39 is 0 Å². The number of nitrogens with zero attached hydrogens (tertiary/aromatic N) is 2. The number of methoxy groups -OCH3 is 1. The summed E-state index contributed by atoms with van der Waals surface area (Å²) in [7, 11) is 1.68. The van der Waals surface area contributed by atoms with E-state index in [1.807, 2.05) is 0 Å². The molecule has 1 aromatic heterocycles. The average molecular weight is 245 g/mol. The second-order valence-corrected chi connectivity index (χ2v) is 4.43. The van der Waals surface area contributed by atoms with Crippen molar-refractivity contribution >= 4 is 11.3 Å². The molecular weight excluding hydrogens is 230 g/mol. The van der Waals surface area contributed by atoms with Crippen molar-refractivity contribution in [3.05, 3.63) is 5.01 Å². The third-order valence-corrected chi connectivity index (χ3v) is 2.90. The fourth-order valence-electron chi connectivity index (χ4n) is 1.15. The highest BCUT2D eigenvalue weighted by Gasteiger charge is 2.21. The molecule has 6 nitrogen and oxygen atoms in total. The van der Waals surface area contributed by atoms with E-state index >= 15 is 0 Å². The maximum Gasteiger partial charge on any atom is 0.294 e. The minimum atomic E-state index is 0.155. The maximum atomic E-state index is 5.53. The van der Waals surface area contributed by atoms with E-state index in [2.05, 4.69) is 15.5 Å². The van der Waals surface area contributed by atoms with Gasteiger partial charge >= 0.3 is 0 Å². The van der Waals surface area contributed by atoms with Gasteiger partial charge in [0.1, 0.15) is 11.1 Å². The van der Waals surface area contributed by atoms with Crippen LogP contribution in [0.3, 0.4) is 0 Å². The van der Waals surface area contributed by atoms with Crippen molar-refractivity contribution in [1.29, 1.82) is 0 Å². The van der Waals surface area contributed by atoms with Crippen LogP contribution in [0.4, 0.5) is 0 Å². The summed E-state index contributed by atoms with van der Waals surface area (Å²) >= 11 is 1.47. The minimum Gasteiger partial charge on any atom is -0.461 e. The molecule has 0 amide bonds. The van der Waals surface area contributed by atoms with Gasteiger partial charge in [-0.2, -0.15) is 0 Å². The first-order chi connectivity index (χ1) is 7.88. The molecule has 0 aromatic carbocycles. The summed E-state index contributed by atoms with van der Waals surface area (Å²) in [6.45, 7) is 3.51. The topological polar surface area (TPSA) is 65.5 Å². The first-order valence-electron chi connectivity index (χ1n) is 5.15. The molecule has 1 N–H and O–H groups in total. The smallest absolute Gasteiger partial charge is 0.294 e. The molecule has 1 aliphatic rings. The van der Waals surface area contributed by atoms with Gasteiger partial charge in [0.25, 0.3) is 5.19 Å². The molecule has 2 rings (SSSR count). The van der Waals surface area contributed by atoms with E-state index in [1.165, 1.54) is 11.3 Å². The number of aromatic nitrogens is 2. The van der Waals surface area contributed by atoms with Crippen LogP contribution >= 0.6 is 11.3 Å². The molecule has 0 bridgehead atoms. The molecular formula is C9H15N3O3S. The lowest BCUT2D eigenvalue weighted by Crippen LogP contribution is -2.38. The van der Waals surface area contributed by atoms with Crippen LogP contribution < -0.4 is 10.1 Å². The summed E-state index contributed by atoms with van der Waals surface area (Å²) in [5.74, 6) is 0. The van der Waals surface area contributed by atoms with Crippen LogP contribution in [0.2, 0.25) is 0 Å². The molecule has 16 heavy (non-hydrogen) atoms. The Balaban J connectivity index is 1.69. The van der Waals surface area contributed by atoms with Gasteiger partial charge in [0.05, 0.1) is 19.8 Å². The summed E-state index contributed by atoms with van der Waals surface area (Å²) in [4.78, 5) is 0. The molecule has 90 valence electrons. The molecule has 0 saturated carbocycles. The monoisotopic (exact) mass is 245 g/mol. The van der Waals surface area contributed by atoms with Crippen molar-refractivity contribution in [2.45, 2.75) is 12.6 Å². The number of rotatable bonds is 7. The Bertz CT molecular complexity index is 317. The van der Waals surface area contributed by atoms with E-state index in [4.69, 9.17) is 14.2 Å².